The molecule has 50 heavy (non-hydrogen) atoms. The van der Waals surface area contributed by atoms with Crippen LogP contribution in [0.4, 0.5) is 5.69 Å². The molecule has 0 unspecified atom stereocenters. The van der Waals surface area contributed by atoms with E-state index in [1.807, 2.05) is 94.5 Å². The molecule has 0 radical (unpaired) electrons. The molecule has 0 bridgehead atoms. The van der Waals surface area contributed by atoms with Crippen LogP contribution in [-0.4, -0.2) is 29.6 Å². The van der Waals surface area contributed by atoms with Gasteiger partial charge in [0.15, 0.2) is 6.54 Å². The van der Waals surface area contributed by atoms with Crippen LogP contribution < -0.4 is 9.58 Å². The van der Waals surface area contributed by atoms with Crippen LogP contribution in [0.2, 0.25) is 0 Å². The first-order chi connectivity index (χ1) is 24.1. The second-order valence-electron chi connectivity index (χ2n) is 12.4. The smallest absolute Gasteiger partial charge is 0.243 e. The molecule has 0 saturated heterocycles. The number of rotatable bonds is 10. The van der Waals surface area contributed by atoms with Gasteiger partial charge in [-0.15, -0.1) is 0 Å². The van der Waals surface area contributed by atoms with Crippen molar-refractivity contribution in [1.82, 2.24) is 5.01 Å². The summed E-state index contributed by atoms with van der Waals surface area (Å²) in [6.45, 7) is 6.03. The van der Waals surface area contributed by atoms with E-state index in [2.05, 4.69) is 74.5 Å². The molecular formula is C42H39N3O4S. The number of allylic oxidation sites excluding steroid dienone is 5. The van der Waals surface area contributed by atoms with Crippen molar-refractivity contribution in [2.75, 3.05) is 10.8 Å². The molecule has 1 amide bonds. The lowest BCUT2D eigenvalue weighted by atomic mass is 9.96. The minimum absolute atomic E-state index is 0.156. The summed E-state index contributed by atoms with van der Waals surface area (Å²) in [5, 5.41) is 4.65. The lowest BCUT2D eigenvalue weighted by Gasteiger charge is -2.40. The highest BCUT2D eigenvalue weighted by Crippen LogP contribution is 2.38. The number of benzene rings is 4. The molecule has 6 rings (SSSR count). The van der Waals surface area contributed by atoms with Crippen LogP contribution in [0.15, 0.2) is 145 Å². The summed E-state index contributed by atoms with van der Waals surface area (Å²) in [5.74, 6) is -0.594. The maximum Gasteiger partial charge on any atom is 0.243 e. The van der Waals surface area contributed by atoms with E-state index in [9.17, 15) is 17.8 Å². The van der Waals surface area contributed by atoms with Gasteiger partial charge in [0.05, 0.1) is 27.2 Å². The number of amides is 1. The number of para-hydroxylation sites is 2. The highest BCUT2D eigenvalue weighted by Gasteiger charge is 2.29. The van der Waals surface area contributed by atoms with E-state index < -0.39 is 15.9 Å². The van der Waals surface area contributed by atoms with Crippen molar-refractivity contribution in [3.63, 3.8) is 0 Å². The molecule has 0 spiro atoms. The van der Waals surface area contributed by atoms with E-state index in [4.69, 9.17) is 0 Å². The van der Waals surface area contributed by atoms with Gasteiger partial charge < -0.3 is 4.55 Å². The molecule has 1 aliphatic rings. The van der Waals surface area contributed by atoms with E-state index in [-0.39, 0.29) is 12.3 Å². The number of aryl methyl sites for hydroxylation is 3. The van der Waals surface area contributed by atoms with Crippen molar-refractivity contribution in [2.45, 2.75) is 33.7 Å². The number of pyridine rings is 1. The Labute approximate surface area is 294 Å². The number of nitrogens with zero attached hydrogens (tertiary/aromatic N) is 3. The maximum atomic E-state index is 13.6. The zero-order valence-electron chi connectivity index (χ0n) is 28.4. The van der Waals surface area contributed by atoms with Crippen molar-refractivity contribution in [1.29, 1.82) is 0 Å². The zero-order valence-corrected chi connectivity index (χ0v) is 29.2. The van der Waals surface area contributed by atoms with Crippen molar-refractivity contribution >= 4 is 50.0 Å². The standard InChI is InChI=1S/C42H39N3O4S/c1-31-17-21-34(22-18-31)37-29-40(15-9-14-38-26-25-35-11-7-8-16-41(35)43(38)27-10-28-50(47,48)49)45(42(30-37)36-23-19-32(2)20-24-36)44(33(3)46)39-12-5-4-6-13-39/h4-9,11-26,29-30H,10,27-28H2,1-3H3. The van der Waals surface area contributed by atoms with Crippen molar-refractivity contribution in [2.24, 2.45) is 0 Å². The zero-order chi connectivity index (χ0) is 35.3. The topological polar surface area (TPSA) is 84.6 Å². The second kappa shape index (κ2) is 14.9. The quantitative estimate of drug-likeness (QED) is 0.110. The van der Waals surface area contributed by atoms with Crippen molar-refractivity contribution < 1.29 is 22.3 Å². The predicted molar refractivity (Wildman–Crippen MR) is 200 cm³/mol. The molecule has 0 saturated carbocycles. The van der Waals surface area contributed by atoms with Gasteiger partial charge in [0.1, 0.15) is 0 Å². The van der Waals surface area contributed by atoms with Crippen LogP contribution in [0.25, 0.3) is 28.2 Å². The normalized spacial score (nSPS) is 14.2. The third kappa shape index (κ3) is 8.00. The third-order valence-electron chi connectivity index (χ3n) is 8.58. The molecule has 8 heteroatoms. The summed E-state index contributed by atoms with van der Waals surface area (Å²) in [5.41, 5.74) is 9.38. The van der Waals surface area contributed by atoms with Gasteiger partial charge in [0, 0.05) is 48.3 Å². The Morgan fingerprint density at radius 1 is 0.800 bits per heavy atom. The third-order valence-corrected chi connectivity index (χ3v) is 9.37. The molecule has 0 aliphatic carbocycles. The first-order valence-corrected chi connectivity index (χ1v) is 18.1. The fourth-order valence-corrected chi connectivity index (χ4v) is 6.60. The minimum atomic E-state index is -4.34. The molecule has 1 aromatic heterocycles. The Kier molecular flexibility index (Phi) is 10.2. The highest BCUT2D eigenvalue weighted by molar-refractivity contribution is 7.85. The average molecular weight is 682 g/mol. The van der Waals surface area contributed by atoms with Gasteiger partial charge >= 0.3 is 0 Å². The van der Waals surface area contributed by atoms with Crippen LogP contribution >= 0.6 is 0 Å². The largest absolute Gasteiger partial charge is 0.748 e. The first-order valence-electron chi connectivity index (χ1n) is 16.5. The molecule has 7 nitrogen and oxygen atoms in total. The van der Waals surface area contributed by atoms with Gasteiger partial charge in [-0.25, -0.2) is 18.4 Å². The Morgan fingerprint density at radius 2 is 1.44 bits per heavy atom. The number of hydrogen-bond acceptors (Lipinski definition) is 5. The number of fused-ring (bicyclic) bond motifs is 1. The molecule has 0 N–H and O–H groups in total. The number of hydrazine groups is 1. The van der Waals surface area contributed by atoms with E-state index in [0.29, 0.717) is 6.54 Å². The molecule has 252 valence electrons. The van der Waals surface area contributed by atoms with Gasteiger partial charge in [-0.2, -0.15) is 4.57 Å². The minimum Gasteiger partial charge on any atom is -0.748 e. The summed E-state index contributed by atoms with van der Waals surface area (Å²) < 4.78 is 36.3. The van der Waals surface area contributed by atoms with Gasteiger partial charge in [0.2, 0.25) is 17.1 Å². The summed E-state index contributed by atoms with van der Waals surface area (Å²) in [4.78, 5) is 13.6. The van der Waals surface area contributed by atoms with E-state index >= 15 is 0 Å². The lowest BCUT2D eigenvalue weighted by Crippen LogP contribution is -2.44. The monoisotopic (exact) mass is 681 g/mol. The average Bonchev–Trinajstić information content (AvgIpc) is 3.10. The van der Waals surface area contributed by atoms with E-state index in [1.54, 1.807) is 11.9 Å². The number of carbonyl (C=O) groups is 1. The fourth-order valence-electron chi connectivity index (χ4n) is 6.12. The number of carbonyl (C=O) groups excluding carboxylic acids is 1. The van der Waals surface area contributed by atoms with Gasteiger partial charge in [-0.3, -0.25) is 4.79 Å². The molecule has 5 aromatic rings. The number of aromatic nitrogens is 1. The second-order valence-corrected chi connectivity index (χ2v) is 13.9. The summed E-state index contributed by atoms with van der Waals surface area (Å²) >= 11 is 0. The van der Waals surface area contributed by atoms with E-state index in [1.165, 1.54) is 0 Å². The van der Waals surface area contributed by atoms with Crippen molar-refractivity contribution in [3.8, 4) is 0 Å². The Bertz CT molecular complexity index is 2250. The molecule has 1 aliphatic heterocycles. The van der Waals surface area contributed by atoms with Crippen LogP contribution in [-0.2, 0) is 21.5 Å². The summed E-state index contributed by atoms with van der Waals surface area (Å²) in [6, 6.07) is 38.2. The Hall–Kier alpha value is -5.57. The molecular weight excluding hydrogens is 643 g/mol. The SMILES string of the molecule is CC(=O)N(c1ccccc1)N1C(c2ccc(C)cc2)=CC(c2ccc(C)cc2)=C/C1=C\C=C\c1ccc2ccccc2[n+]1CCCS(=O)(=O)[O-]. The number of hydrogen-bond donors (Lipinski definition) is 0. The maximum absolute atomic E-state index is 13.6. The van der Waals surface area contributed by atoms with Crippen LogP contribution in [0.1, 0.15) is 41.3 Å². The molecule has 2 heterocycles. The van der Waals surface area contributed by atoms with Crippen LogP contribution in [0.3, 0.4) is 0 Å². The number of anilines is 1. The van der Waals surface area contributed by atoms with E-state index in [0.717, 1.165) is 61.5 Å². The van der Waals surface area contributed by atoms with Gasteiger partial charge in [-0.05, 0) is 67.5 Å². The molecule has 0 fully saturated rings. The molecule has 4 aromatic carbocycles. The fraction of sp³-hybridized carbons (Fsp3) is 0.143. The molecule has 0 atom stereocenters. The summed E-state index contributed by atoms with van der Waals surface area (Å²) in [6.07, 6.45) is 10.3. The van der Waals surface area contributed by atoms with Gasteiger partial charge in [0.25, 0.3) is 0 Å². The Balaban J connectivity index is 1.51. The highest BCUT2D eigenvalue weighted by atomic mass is 32.2. The van der Waals surface area contributed by atoms with Crippen LogP contribution in [0, 0.1) is 13.8 Å². The lowest BCUT2D eigenvalue weighted by molar-refractivity contribution is -0.673. The van der Waals surface area contributed by atoms with Crippen LogP contribution in [0.5, 0.6) is 0 Å². The summed E-state index contributed by atoms with van der Waals surface area (Å²) in [7, 11) is -4.34. The first kappa shape index (κ1) is 34.3. The predicted octanol–water partition coefficient (Wildman–Crippen LogP) is 7.98. The Morgan fingerprint density at radius 3 is 2.10 bits per heavy atom. The van der Waals surface area contributed by atoms with Crippen molar-refractivity contribution in [3.05, 3.63) is 173 Å². The van der Waals surface area contributed by atoms with Gasteiger partial charge in [-0.1, -0.05) is 96.1 Å².